The van der Waals surface area contributed by atoms with E-state index in [1.54, 1.807) is 0 Å². The number of ether oxygens (including phenoxy) is 1. The van der Waals surface area contributed by atoms with E-state index in [2.05, 4.69) is 26.0 Å². The second kappa shape index (κ2) is 14.7. The van der Waals surface area contributed by atoms with Crippen molar-refractivity contribution in [3.8, 4) is 0 Å². The number of hydrogen-bond acceptors (Lipinski definition) is 1. The Bertz CT molecular complexity index is 358. The molecule has 1 heteroatoms. The molecule has 2 aliphatic carbocycles. The van der Waals surface area contributed by atoms with Gasteiger partial charge in [-0.3, -0.25) is 0 Å². The molecule has 0 atom stereocenters. The summed E-state index contributed by atoms with van der Waals surface area (Å²) in [6, 6.07) is 0. The molecule has 2 saturated carbocycles. The number of allylic oxidation sites excluding steroid dienone is 2. The van der Waals surface area contributed by atoms with Crippen molar-refractivity contribution < 1.29 is 4.74 Å². The Balaban J connectivity index is 1.47. The van der Waals surface area contributed by atoms with Gasteiger partial charge in [-0.25, -0.2) is 0 Å². The minimum atomic E-state index is 0.583. The fraction of sp³-hybridized carbons (Fsp3) is 0.923. The Morgan fingerprint density at radius 3 is 1.85 bits per heavy atom. The molecule has 0 spiro atoms. The number of rotatable bonds is 13. The van der Waals surface area contributed by atoms with Crippen LogP contribution in [0.25, 0.3) is 0 Å². The highest BCUT2D eigenvalue weighted by Gasteiger charge is 2.24. The molecule has 2 aliphatic rings. The van der Waals surface area contributed by atoms with Crippen LogP contribution in [-0.2, 0) is 4.74 Å². The average molecular weight is 377 g/mol. The Morgan fingerprint density at radius 2 is 1.26 bits per heavy atom. The highest BCUT2D eigenvalue weighted by molar-refractivity contribution is 4.82. The lowest BCUT2D eigenvalue weighted by molar-refractivity contribution is 0.0145. The molecule has 0 unspecified atom stereocenters. The predicted octanol–water partition coefficient (Wildman–Crippen LogP) is 8.48. The van der Waals surface area contributed by atoms with Gasteiger partial charge in [0, 0.05) is 6.61 Å². The summed E-state index contributed by atoms with van der Waals surface area (Å²) in [5.41, 5.74) is 0. The van der Waals surface area contributed by atoms with Crippen LogP contribution in [0.2, 0.25) is 0 Å². The summed E-state index contributed by atoms with van der Waals surface area (Å²) >= 11 is 0. The highest BCUT2D eigenvalue weighted by Crippen LogP contribution is 2.37. The van der Waals surface area contributed by atoms with Crippen molar-refractivity contribution in [2.45, 2.75) is 129 Å². The van der Waals surface area contributed by atoms with E-state index in [0.717, 1.165) is 24.4 Å². The lowest BCUT2D eigenvalue weighted by atomic mass is 9.76. The molecule has 0 heterocycles. The zero-order chi connectivity index (χ0) is 19.2. The van der Waals surface area contributed by atoms with Crippen molar-refractivity contribution in [3.05, 3.63) is 12.2 Å². The molecular weight excluding hydrogens is 328 g/mol. The van der Waals surface area contributed by atoms with Crippen molar-refractivity contribution in [3.63, 3.8) is 0 Å². The van der Waals surface area contributed by atoms with Crippen molar-refractivity contribution in [1.82, 2.24) is 0 Å². The van der Waals surface area contributed by atoms with Gasteiger partial charge in [-0.1, -0.05) is 83.8 Å². The average Bonchev–Trinajstić information content (AvgIpc) is 2.71. The quantitative estimate of drug-likeness (QED) is 0.231. The van der Waals surface area contributed by atoms with Crippen LogP contribution in [0.5, 0.6) is 0 Å². The first-order chi connectivity index (χ1) is 13.3. The van der Waals surface area contributed by atoms with Crippen molar-refractivity contribution in [1.29, 1.82) is 0 Å². The molecule has 158 valence electrons. The summed E-state index contributed by atoms with van der Waals surface area (Å²) in [6.07, 6.45) is 29.1. The standard InChI is InChI=1S/C26H48O/c1-3-5-7-9-11-23-12-14-24(15-13-23)16-17-25-18-20-26(21-19-25)27-22-10-8-6-4-2/h5,7,23-26H,3-4,6,8-22H2,1-2H3/b7-5+/t23-,24-,25-,26-. The molecule has 2 fully saturated rings. The molecule has 0 N–H and O–H groups in total. The second-order valence-electron chi connectivity index (χ2n) is 9.50. The summed E-state index contributed by atoms with van der Waals surface area (Å²) in [7, 11) is 0. The van der Waals surface area contributed by atoms with E-state index in [1.165, 1.54) is 109 Å². The minimum absolute atomic E-state index is 0.583. The van der Waals surface area contributed by atoms with Crippen LogP contribution in [0.1, 0.15) is 123 Å². The third-order valence-corrected chi connectivity index (χ3v) is 7.24. The minimum Gasteiger partial charge on any atom is -0.378 e. The first kappa shape index (κ1) is 23.0. The van der Waals surface area contributed by atoms with Crippen LogP contribution in [-0.4, -0.2) is 12.7 Å². The van der Waals surface area contributed by atoms with Crippen molar-refractivity contribution in [2.24, 2.45) is 17.8 Å². The maximum Gasteiger partial charge on any atom is 0.0575 e. The lowest BCUT2D eigenvalue weighted by Crippen LogP contribution is -2.23. The predicted molar refractivity (Wildman–Crippen MR) is 119 cm³/mol. The van der Waals surface area contributed by atoms with E-state index in [-0.39, 0.29) is 0 Å². The van der Waals surface area contributed by atoms with Gasteiger partial charge in [0.2, 0.25) is 0 Å². The molecule has 0 aliphatic heterocycles. The maximum atomic E-state index is 6.13. The molecular formula is C26H48O. The molecule has 27 heavy (non-hydrogen) atoms. The highest BCUT2D eigenvalue weighted by atomic mass is 16.5. The van der Waals surface area contributed by atoms with E-state index >= 15 is 0 Å². The topological polar surface area (TPSA) is 9.23 Å². The third kappa shape index (κ3) is 10.2. The molecule has 0 aromatic heterocycles. The van der Waals surface area contributed by atoms with Crippen LogP contribution in [0.3, 0.4) is 0 Å². The fourth-order valence-electron chi connectivity index (χ4n) is 5.26. The van der Waals surface area contributed by atoms with Crippen molar-refractivity contribution in [2.75, 3.05) is 6.61 Å². The lowest BCUT2D eigenvalue weighted by Gasteiger charge is -2.32. The first-order valence-electron chi connectivity index (χ1n) is 12.6. The molecule has 0 saturated heterocycles. The molecule has 0 radical (unpaired) electrons. The monoisotopic (exact) mass is 376 g/mol. The second-order valence-corrected chi connectivity index (χ2v) is 9.50. The van der Waals surface area contributed by atoms with Crippen molar-refractivity contribution >= 4 is 0 Å². The summed E-state index contributed by atoms with van der Waals surface area (Å²) in [5.74, 6) is 3.06. The van der Waals surface area contributed by atoms with Crippen LogP contribution in [0.4, 0.5) is 0 Å². The van der Waals surface area contributed by atoms with Gasteiger partial charge in [-0.2, -0.15) is 0 Å². The Hall–Kier alpha value is -0.300. The van der Waals surface area contributed by atoms with Crippen LogP contribution in [0.15, 0.2) is 12.2 Å². The largest absolute Gasteiger partial charge is 0.378 e. The van der Waals surface area contributed by atoms with Gasteiger partial charge < -0.3 is 4.74 Å². The maximum absolute atomic E-state index is 6.13. The van der Waals surface area contributed by atoms with Gasteiger partial charge in [-0.15, -0.1) is 0 Å². The first-order valence-corrected chi connectivity index (χ1v) is 12.6. The van der Waals surface area contributed by atoms with E-state index in [4.69, 9.17) is 4.74 Å². The molecule has 0 aromatic rings. The van der Waals surface area contributed by atoms with E-state index < -0.39 is 0 Å². The number of unbranched alkanes of at least 4 members (excludes halogenated alkanes) is 3. The van der Waals surface area contributed by atoms with Gasteiger partial charge >= 0.3 is 0 Å². The molecule has 0 aromatic carbocycles. The Morgan fingerprint density at radius 1 is 0.667 bits per heavy atom. The SMILES string of the molecule is CC/C=C/CC[C@H]1CC[C@H](CC[C@H]2CC[C@H](OCCCCCC)CC2)CC1. The van der Waals surface area contributed by atoms with E-state index in [0.29, 0.717) is 6.10 Å². The Kier molecular flexibility index (Phi) is 12.5. The van der Waals surface area contributed by atoms with Gasteiger partial charge in [0.05, 0.1) is 6.10 Å². The molecule has 0 amide bonds. The normalized spacial score (nSPS) is 29.4. The summed E-state index contributed by atoms with van der Waals surface area (Å²) in [6.45, 7) is 5.52. The van der Waals surface area contributed by atoms with Crippen LogP contribution < -0.4 is 0 Å². The van der Waals surface area contributed by atoms with Gasteiger partial charge in [0.1, 0.15) is 0 Å². The smallest absolute Gasteiger partial charge is 0.0575 e. The van der Waals surface area contributed by atoms with E-state index in [1.807, 2.05) is 0 Å². The van der Waals surface area contributed by atoms with E-state index in [9.17, 15) is 0 Å². The summed E-state index contributed by atoms with van der Waals surface area (Å²) in [5, 5.41) is 0. The molecule has 0 bridgehead atoms. The van der Waals surface area contributed by atoms with Crippen LogP contribution in [0, 0.1) is 17.8 Å². The van der Waals surface area contributed by atoms with Gasteiger partial charge in [-0.05, 0) is 69.1 Å². The number of hydrogen-bond donors (Lipinski definition) is 0. The summed E-state index contributed by atoms with van der Waals surface area (Å²) in [4.78, 5) is 0. The fourth-order valence-corrected chi connectivity index (χ4v) is 5.26. The zero-order valence-electron chi connectivity index (χ0n) is 18.6. The third-order valence-electron chi connectivity index (χ3n) is 7.24. The molecule has 1 nitrogen and oxygen atoms in total. The zero-order valence-corrected chi connectivity index (χ0v) is 18.6. The van der Waals surface area contributed by atoms with Crippen LogP contribution >= 0.6 is 0 Å². The molecule has 2 rings (SSSR count). The summed E-state index contributed by atoms with van der Waals surface area (Å²) < 4.78 is 6.13. The Labute approximate surface area is 170 Å². The van der Waals surface area contributed by atoms with Gasteiger partial charge in [0.15, 0.2) is 0 Å². The van der Waals surface area contributed by atoms with Gasteiger partial charge in [0.25, 0.3) is 0 Å².